The number of hydrogen-bond donors (Lipinski definition) is 2. The number of aromatic nitrogens is 1. The maximum atomic E-state index is 9.24. The fraction of sp³-hybridized carbons (Fsp3) is 0.125. The van der Waals surface area contributed by atoms with Crippen molar-refractivity contribution in [2.24, 2.45) is 5.16 Å². The molecule has 0 amide bonds. The Labute approximate surface area is 173 Å². The normalized spacial score (nSPS) is 17.0. The molecule has 6 heteroatoms. The molecular weight excluding hydrogens is 376 g/mol. The number of oxime groups is 1. The van der Waals surface area contributed by atoms with E-state index in [1.54, 1.807) is 24.5 Å². The van der Waals surface area contributed by atoms with E-state index in [0.717, 1.165) is 58.5 Å². The smallest absolute Gasteiger partial charge is 0.158 e. The average molecular weight is 394 g/mol. The molecule has 0 atom stereocenters. The van der Waals surface area contributed by atoms with Gasteiger partial charge in [0, 0.05) is 22.8 Å². The van der Waals surface area contributed by atoms with Crippen molar-refractivity contribution in [3.8, 4) is 17.4 Å². The number of pyridine rings is 1. The Morgan fingerprint density at radius 2 is 2.00 bits per heavy atom. The highest BCUT2D eigenvalue weighted by molar-refractivity contribution is 6.07. The maximum absolute atomic E-state index is 9.24. The van der Waals surface area contributed by atoms with E-state index in [4.69, 9.17) is 9.68 Å². The number of nitriles is 1. The number of benzene rings is 1. The molecule has 0 saturated heterocycles. The van der Waals surface area contributed by atoms with Gasteiger partial charge in [-0.15, -0.1) is 0 Å². The third kappa shape index (κ3) is 3.07. The molecule has 1 aromatic carbocycles. The third-order valence-electron chi connectivity index (χ3n) is 5.44. The van der Waals surface area contributed by atoms with E-state index in [0.29, 0.717) is 16.9 Å². The van der Waals surface area contributed by atoms with Gasteiger partial charge in [-0.1, -0.05) is 17.3 Å². The molecule has 0 unspecified atom stereocenters. The van der Waals surface area contributed by atoms with Crippen LogP contribution in [0, 0.1) is 11.3 Å². The van der Waals surface area contributed by atoms with Crippen molar-refractivity contribution in [3.05, 3.63) is 83.4 Å². The van der Waals surface area contributed by atoms with Gasteiger partial charge in [0.05, 0.1) is 29.2 Å². The molecule has 2 aliphatic rings. The van der Waals surface area contributed by atoms with Crippen molar-refractivity contribution in [3.63, 3.8) is 0 Å². The van der Waals surface area contributed by atoms with Crippen LogP contribution in [0.1, 0.15) is 24.8 Å². The molecule has 0 spiro atoms. The van der Waals surface area contributed by atoms with Crippen LogP contribution in [-0.2, 0) is 0 Å². The van der Waals surface area contributed by atoms with E-state index in [1.165, 1.54) is 0 Å². The minimum atomic E-state index is 0.600. The molecule has 5 rings (SSSR count). The van der Waals surface area contributed by atoms with Crippen LogP contribution in [0.4, 0.5) is 5.69 Å². The number of hydrogen-bond acceptors (Lipinski definition) is 6. The van der Waals surface area contributed by atoms with E-state index < -0.39 is 0 Å². The fourth-order valence-electron chi connectivity index (χ4n) is 3.97. The Bertz CT molecular complexity index is 1300. The molecule has 2 heterocycles. The number of allylic oxidation sites excluding steroid dienone is 5. The van der Waals surface area contributed by atoms with Crippen molar-refractivity contribution < 1.29 is 9.62 Å². The van der Waals surface area contributed by atoms with Crippen LogP contribution < -0.4 is 5.32 Å². The first kappa shape index (κ1) is 18.0. The van der Waals surface area contributed by atoms with Crippen molar-refractivity contribution in [2.45, 2.75) is 19.3 Å². The van der Waals surface area contributed by atoms with E-state index in [9.17, 15) is 5.21 Å². The van der Waals surface area contributed by atoms with Gasteiger partial charge in [0.2, 0.25) is 0 Å². The first-order valence-corrected chi connectivity index (χ1v) is 9.73. The summed E-state index contributed by atoms with van der Waals surface area (Å²) in [5, 5.41) is 26.2. The molecule has 2 aromatic heterocycles. The lowest BCUT2D eigenvalue weighted by molar-refractivity contribution is 0.318. The minimum absolute atomic E-state index is 0.600. The molecule has 2 N–H and O–H groups in total. The molecular formula is C24H18N4O2. The molecule has 3 aromatic rings. The van der Waals surface area contributed by atoms with E-state index in [1.807, 2.05) is 18.2 Å². The van der Waals surface area contributed by atoms with Crippen LogP contribution in [0.5, 0.6) is 0 Å². The van der Waals surface area contributed by atoms with Gasteiger partial charge in [-0.3, -0.25) is 4.98 Å². The number of anilines is 1. The predicted octanol–water partition coefficient (Wildman–Crippen LogP) is 5.54. The number of fused-ring (bicyclic) bond motifs is 2. The number of rotatable bonds is 3. The lowest BCUT2D eigenvalue weighted by atomic mass is 10.1. The quantitative estimate of drug-likeness (QED) is 0.449. The summed E-state index contributed by atoms with van der Waals surface area (Å²) in [5.74, 6) is 0.697. The highest BCUT2D eigenvalue weighted by Crippen LogP contribution is 2.39. The number of nitrogens with one attached hydrogen (secondary N) is 1. The molecule has 0 aliphatic heterocycles. The monoisotopic (exact) mass is 394 g/mol. The number of furan rings is 1. The van der Waals surface area contributed by atoms with Crippen LogP contribution in [0.3, 0.4) is 0 Å². The highest BCUT2D eigenvalue weighted by atomic mass is 16.4. The van der Waals surface area contributed by atoms with E-state index >= 15 is 0 Å². The van der Waals surface area contributed by atoms with Crippen LogP contribution in [0.2, 0.25) is 0 Å². The Kier molecular flexibility index (Phi) is 4.41. The van der Waals surface area contributed by atoms with Gasteiger partial charge in [0.25, 0.3) is 0 Å². The second-order valence-corrected chi connectivity index (χ2v) is 7.22. The maximum Gasteiger partial charge on any atom is 0.158 e. The first-order valence-electron chi connectivity index (χ1n) is 9.73. The predicted molar refractivity (Wildman–Crippen MR) is 115 cm³/mol. The van der Waals surface area contributed by atoms with E-state index in [-0.39, 0.29) is 0 Å². The van der Waals surface area contributed by atoms with E-state index in [2.05, 4.69) is 39.8 Å². The van der Waals surface area contributed by atoms with Crippen molar-refractivity contribution in [1.29, 1.82) is 5.26 Å². The Morgan fingerprint density at radius 3 is 2.80 bits per heavy atom. The van der Waals surface area contributed by atoms with Crippen LogP contribution in [0.25, 0.3) is 22.3 Å². The second-order valence-electron chi connectivity index (χ2n) is 7.22. The van der Waals surface area contributed by atoms with Gasteiger partial charge in [-0.05, 0) is 66.8 Å². The molecule has 0 radical (unpaired) electrons. The summed E-state index contributed by atoms with van der Waals surface area (Å²) in [6.45, 7) is 0. The standard InChI is InChI=1S/C24H18N4O2/c25-13-15-4-6-16(7-5-15)24-23(20-10-11-26-14-22(20)30-24)27-18-2-1-3-19-17(12-18)8-9-21(19)28-29/h2-7,10-12,14,27,29H,1,8-9H2/b28-21+. The van der Waals surface area contributed by atoms with Crippen molar-refractivity contribution in [1.82, 2.24) is 4.98 Å². The summed E-state index contributed by atoms with van der Waals surface area (Å²) in [4.78, 5) is 4.18. The summed E-state index contributed by atoms with van der Waals surface area (Å²) in [6, 6.07) is 11.4. The molecule has 146 valence electrons. The average Bonchev–Trinajstić information content (AvgIpc) is 3.28. The van der Waals surface area contributed by atoms with Crippen LogP contribution in [-0.4, -0.2) is 15.9 Å². The zero-order chi connectivity index (χ0) is 20.5. The molecule has 0 bridgehead atoms. The van der Waals surface area contributed by atoms with Crippen LogP contribution in [0.15, 0.2) is 87.4 Å². The van der Waals surface area contributed by atoms with Crippen LogP contribution >= 0.6 is 0 Å². The Balaban J connectivity index is 1.57. The van der Waals surface area contributed by atoms with Gasteiger partial charge >= 0.3 is 0 Å². The number of nitrogens with zero attached hydrogens (tertiary/aromatic N) is 3. The summed E-state index contributed by atoms with van der Waals surface area (Å²) in [5.41, 5.74) is 6.92. The largest absolute Gasteiger partial charge is 0.452 e. The molecule has 1 fully saturated rings. The fourth-order valence-corrected chi connectivity index (χ4v) is 3.97. The summed E-state index contributed by atoms with van der Waals surface area (Å²) < 4.78 is 6.13. The van der Waals surface area contributed by atoms with Gasteiger partial charge in [0.1, 0.15) is 0 Å². The Morgan fingerprint density at radius 1 is 1.13 bits per heavy atom. The third-order valence-corrected chi connectivity index (χ3v) is 5.44. The second kappa shape index (κ2) is 7.37. The minimum Gasteiger partial charge on any atom is -0.452 e. The summed E-state index contributed by atoms with van der Waals surface area (Å²) in [7, 11) is 0. The first-order chi connectivity index (χ1) is 14.8. The lowest BCUT2D eigenvalue weighted by Gasteiger charge is -2.09. The molecule has 2 aliphatic carbocycles. The van der Waals surface area contributed by atoms with Crippen molar-refractivity contribution >= 4 is 22.4 Å². The Hall–Kier alpha value is -4.11. The molecule has 1 saturated carbocycles. The summed E-state index contributed by atoms with van der Waals surface area (Å²) >= 11 is 0. The topological polar surface area (TPSA) is 94.4 Å². The van der Waals surface area contributed by atoms with Gasteiger partial charge in [-0.25, -0.2) is 0 Å². The SMILES string of the molecule is N#Cc1ccc(-c2oc3cnccc3c2NC2=CCC=C3C(=C2)CC/C3=N\O)cc1. The highest BCUT2D eigenvalue weighted by Gasteiger charge is 2.23. The van der Waals surface area contributed by atoms with Gasteiger partial charge < -0.3 is 14.9 Å². The lowest BCUT2D eigenvalue weighted by Crippen LogP contribution is -1.98. The zero-order valence-corrected chi connectivity index (χ0v) is 16.1. The zero-order valence-electron chi connectivity index (χ0n) is 16.1. The molecule has 30 heavy (non-hydrogen) atoms. The van der Waals surface area contributed by atoms with Gasteiger partial charge in [-0.2, -0.15) is 5.26 Å². The van der Waals surface area contributed by atoms with Crippen molar-refractivity contribution in [2.75, 3.05) is 5.32 Å². The summed E-state index contributed by atoms with van der Waals surface area (Å²) in [6.07, 6.45) is 12.1. The van der Waals surface area contributed by atoms with Gasteiger partial charge in [0.15, 0.2) is 11.3 Å². The molecule has 6 nitrogen and oxygen atoms in total.